The number of nitrogens with one attached hydrogen (secondary N) is 1. The van der Waals surface area contributed by atoms with Gasteiger partial charge in [-0.3, -0.25) is 4.79 Å². The Labute approximate surface area is 149 Å². The van der Waals surface area contributed by atoms with E-state index in [4.69, 9.17) is 4.42 Å². The van der Waals surface area contributed by atoms with Crippen molar-refractivity contribution in [1.82, 2.24) is 4.98 Å². The number of anilines is 1. The Balaban J connectivity index is 2.17. The number of aromatic hydroxyl groups is 2. The quantitative estimate of drug-likeness (QED) is 0.556. The number of hydrogen-bond acceptors (Lipinski definition) is 7. The van der Waals surface area contributed by atoms with E-state index in [2.05, 4.69) is 10.3 Å². The van der Waals surface area contributed by atoms with Crippen LogP contribution in [0.15, 0.2) is 57.9 Å². The van der Waals surface area contributed by atoms with Crippen molar-refractivity contribution in [3.05, 3.63) is 81.5 Å². The molecular formula is C19H18N2O5. The predicted molar refractivity (Wildman–Crippen MR) is 95.1 cm³/mol. The molecule has 1 atom stereocenters. The Morgan fingerprint density at radius 2 is 1.96 bits per heavy atom. The van der Waals surface area contributed by atoms with Crippen LogP contribution >= 0.6 is 0 Å². The fraction of sp³-hybridized carbons (Fsp3) is 0.158. The summed E-state index contributed by atoms with van der Waals surface area (Å²) in [5.74, 6) is -0.298. The maximum absolute atomic E-state index is 12.0. The molecule has 0 bridgehead atoms. The third kappa shape index (κ3) is 3.52. The number of aliphatic hydroxyl groups excluding tert-OH is 1. The summed E-state index contributed by atoms with van der Waals surface area (Å²) in [6.07, 6.45) is 1.61. The summed E-state index contributed by atoms with van der Waals surface area (Å²) in [5, 5.41) is 32.9. The summed E-state index contributed by atoms with van der Waals surface area (Å²) in [4.78, 5) is 16.2. The molecule has 134 valence electrons. The van der Waals surface area contributed by atoms with Crippen molar-refractivity contribution < 1.29 is 19.7 Å². The van der Waals surface area contributed by atoms with Gasteiger partial charge in [0.1, 0.15) is 30.0 Å². The van der Waals surface area contributed by atoms with Crippen LogP contribution in [0.4, 0.5) is 5.82 Å². The van der Waals surface area contributed by atoms with Gasteiger partial charge >= 0.3 is 0 Å². The minimum absolute atomic E-state index is 0.00206. The normalized spacial score (nSPS) is 11.9. The number of para-hydroxylation sites is 1. The lowest BCUT2D eigenvalue weighted by molar-refractivity contribution is 0.234. The molecule has 0 aliphatic rings. The van der Waals surface area contributed by atoms with Crippen molar-refractivity contribution >= 4 is 5.82 Å². The first-order valence-corrected chi connectivity index (χ1v) is 7.93. The van der Waals surface area contributed by atoms with Gasteiger partial charge in [-0.25, -0.2) is 4.98 Å². The second kappa shape index (κ2) is 7.28. The van der Waals surface area contributed by atoms with E-state index < -0.39 is 23.8 Å². The van der Waals surface area contributed by atoms with E-state index in [0.29, 0.717) is 11.4 Å². The fourth-order valence-electron chi connectivity index (χ4n) is 2.61. The second-order valence-corrected chi connectivity index (χ2v) is 5.80. The van der Waals surface area contributed by atoms with Gasteiger partial charge in [-0.15, -0.1) is 0 Å². The van der Waals surface area contributed by atoms with Crippen LogP contribution in [0.3, 0.4) is 0 Å². The minimum Gasteiger partial charge on any atom is -0.508 e. The van der Waals surface area contributed by atoms with Crippen molar-refractivity contribution in [2.75, 3.05) is 5.32 Å². The Kier molecular flexibility index (Phi) is 4.90. The summed E-state index contributed by atoms with van der Waals surface area (Å²) in [7, 11) is 0. The molecule has 0 aliphatic heterocycles. The molecule has 0 fully saturated rings. The van der Waals surface area contributed by atoms with Gasteiger partial charge in [0, 0.05) is 17.8 Å². The Hall–Kier alpha value is -3.32. The fourth-order valence-corrected chi connectivity index (χ4v) is 2.61. The van der Waals surface area contributed by atoms with Gasteiger partial charge in [0.2, 0.25) is 11.2 Å². The minimum atomic E-state index is -0.898. The standard InChI is InChI=1S/C19H18N2O5/c1-11-6-7-20-16(8-11)21-17(13-4-2-3-5-14(13)23)19-18(25)15(24)9-12(10-22)26-19/h2-9,17,22-23,25H,10H2,1H3,(H,20,21)/t17-/m1/s1. The topological polar surface area (TPSA) is 116 Å². The highest BCUT2D eigenvalue weighted by Crippen LogP contribution is 2.35. The first-order chi connectivity index (χ1) is 12.5. The van der Waals surface area contributed by atoms with Gasteiger partial charge in [-0.2, -0.15) is 0 Å². The van der Waals surface area contributed by atoms with Crippen molar-refractivity contribution in [3.63, 3.8) is 0 Å². The third-order valence-electron chi connectivity index (χ3n) is 3.87. The maximum atomic E-state index is 12.0. The average Bonchev–Trinajstić information content (AvgIpc) is 2.63. The van der Waals surface area contributed by atoms with E-state index in [-0.39, 0.29) is 17.3 Å². The smallest absolute Gasteiger partial charge is 0.227 e. The van der Waals surface area contributed by atoms with Crippen molar-refractivity contribution in [2.45, 2.75) is 19.6 Å². The molecule has 0 saturated carbocycles. The zero-order chi connectivity index (χ0) is 18.7. The molecule has 0 spiro atoms. The van der Waals surface area contributed by atoms with Crippen LogP contribution in [0.1, 0.15) is 28.7 Å². The van der Waals surface area contributed by atoms with Crippen molar-refractivity contribution in [2.24, 2.45) is 0 Å². The van der Waals surface area contributed by atoms with E-state index in [1.54, 1.807) is 30.5 Å². The Bertz CT molecular complexity index is 984. The van der Waals surface area contributed by atoms with E-state index in [0.717, 1.165) is 11.6 Å². The lowest BCUT2D eigenvalue weighted by atomic mass is 10.0. The van der Waals surface area contributed by atoms with E-state index in [1.807, 2.05) is 13.0 Å². The molecule has 2 aromatic heterocycles. The average molecular weight is 354 g/mol. The van der Waals surface area contributed by atoms with Crippen molar-refractivity contribution in [3.8, 4) is 11.5 Å². The number of aromatic nitrogens is 1. The highest BCUT2D eigenvalue weighted by molar-refractivity contribution is 5.49. The number of nitrogens with zero attached hydrogens (tertiary/aromatic N) is 1. The summed E-state index contributed by atoms with van der Waals surface area (Å²) in [6, 6.07) is 10.2. The molecule has 3 aromatic rings. The van der Waals surface area contributed by atoms with Gasteiger partial charge in [0.05, 0.1) is 0 Å². The monoisotopic (exact) mass is 354 g/mol. The molecule has 26 heavy (non-hydrogen) atoms. The number of phenols is 1. The molecule has 2 heterocycles. The van der Waals surface area contributed by atoms with E-state index >= 15 is 0 Å². The second-order valence-electron chi connectivity index (χ2n) is 5.80. The third-order valence-corrected chi connectivity index (χ3v) is 3.87. The molecular weight excluding hydrogens is 336 g/mol. The maximum Gasteiger partial charge on any atom is 0.227 e. The number of aryl methyl sites for hydroxylation is 1. The van der Waals surface area contributed by atoms with Gasteiger partial charge < -0.3 is 25.1 Å². The molecule has 4 N–H and O–H groups in total. The number of pyridine rings is 1. The van der Waals surface area contributed by atoms with Gasteiger partial charge in [-0.05, 0) is 30.7 Å². The molecule has 0 amide bonds. The van der Waals surface area contributed by atoms with Crippen LogP contribution in [0.2, 0.25) is 0 Å². The van der Waals surface area contributed by atoms with E-state index in [9.17, 15) is 20.1 Å². The number of phenolic OH excluding ortho intramolecular Hbond substituents is 1. The van der Waals surface area contributed by atoms with E-state index in [1.165, 1.54) is 6.07 Å². The molecule has 0 radical (unpaired) electrons. The Morgan fingerprint density at radius 3 is 2.65 bits per heavy atom. The molecule has 0 saturated heterocycles. The summed E-state index contributed by atoms with van der Waals surface area (Å²) in [5.41, 5.74) is 0.646. The van der Waals surface area contributed by atoms with Crippen LogP contribution in [0.25, 0.3) is 0 Å². The van der Waals surface area contributed by atoms with Gasteiger partial charge in [0.25, 0.3) is 0 Å². The SMILES string of the molecule is Cc1ccnc(N[C@H](c2ccccc2O)c2oc(CO)cc(=O)c2O)c1. The van der Waals surface area contributed by atoms with Crippen LogP contribution in [0.5, 0.6) is 11.5 Å². The predicted octanol–water partition coefficient (Wildman–Crippen LogP) is 2.45. The van der Waals surface area contributed by atoms with Gasteiger partial charge in [0.15, 0.2) is 5.76 Å². The number of aliphatic hydroxyl groups is 1. The molecule has 0 unspecified atom stereocenters. The molecule has 1 aromatic carbocycles. The van der Waals surface area contributed by atoms with Crippen LogP contribution in [-0.4, -0.2) is 20.3 Å². The zero-order valence-corrected chi connectivity index (χ0v) is 14.0. The lowest BCUT2D eigenvalue weighted by Gasteiger charge is -2.21. The number of hydrogen-bond donors (Lipinski definition) is 4. The number of benzene rings is 1. The van der Waals surface area contributed by atoms with Crippen LogP contribution < -0.4 is 10.7 Å². The Morgan fingerprint density at radius 1 is 1.19 bits per heavy atom. The first kappa shape index (κ1) is 17.5. The number of rotatable bonds is 5. The summed E-state index contributed by atoms with van der Waals surface area (Å²) < 4.78 is 5.51. The molecule has 3 rings (SSSR count). The lowest BCUT2D eigenvalue weighted by Crippen LogP contribution is -2.17. The first-order valence-electron chi connectivity index (χ1n) is 7.93. The van der Waals surface area contributed by atoms with Crippen LogP contribution in [-0.2, 0) is 6.61 Å². The molecule has 0 aliphatic carbocycles. The van der Waals surface area contributed by atoms with Crippen LogP contribution in [0, 0.1) is 6.92 Å². The largest absolute Gasteiger partial charge is 0.508 e. The highest BCUT2D eigenvalue weighted by Gasteiger charge is 2.26. The summed E-state index contributed by atoms with van der Waals surface area (Å²) in [6.45, 7) is 1.39. The molecule has 7 nitrogen and oxygen atoms in total. The van der Waals surface area contributed by atoms with Gasteiger partial charge in [-0.1, -0.05) is 18.2 Å². The highest BCUT2D eigenvalue weighted by atomic mass is 16.4. The summed E-state index contributed by atoms with van der Waals surface area (Å²) >= 11 is 0. The van der Waals surface area contributed by atoms with Crippen molar-refractivity contribution in [1.29, 1.82) is 0 Å². The molecule has 7 heteroatoms. The zero-order valence-electron chi connectivity index (χ0n) is 14.0.